The maximum atomic E-state index is 12.0. The molecule has 0 unspecified atom stereocenters. The molecule has 2 rings (SSSR count). The van der Waals surface area contributed by atoms with E-state index in [1.165, 1.54) is 12.3 Å². The van der Waals surface area contributed by atoms with Crippen molar-refractivity contribution in [2.75, 3.05) is 19.4 Å². The van der Waals surface area contributed by atoms with Crippen molar-refractivity contribution in [3.8, 4) is 5.75 Å². The first-order valence-corrected chi connectivity index (χ1v) is 6.80. The Labute approximate surface area is 128 Å². The Kier molecular flexibility index (Phi) is 5.00. The molecular weight excluding hydrogens is 290 g/mol. The second-order valence-electron chi connectivity index (χ2n) is 4.46. The molecular formula is C15H16ClN3O2. The molecule has 1 amide bonds. The van der Waals surface area contributed by atoms with Crippen LogP contribution in [0, 0.1) is 0 Å². The molecule has 1 aromatic carbocycles. The number of benzene rings is 1. The Hall–Kier alpha value is -2.27. The van der Waals surface area contributed by atoms with Gasteiger partial charge in [0.15, 0.2) is 0 Å². The second-order valence-corrected chi connectivity index (χ2v) is 4.82. The molecule has 0 saturated heterocycles. The number of hydrogen-bond acceptors (Lipinski definition) is 4. The van der Waals surface area contributed by atoms with Gasteiger partial charge in [-0.05, 0) is 30.2 Å². The van der Waals surface area contributed by atoms with Crippen molar-refractivity contribution in [3.63, 3.8) is 0 Å². The van der Waals surface area contributed by atoms with Crippen LogP contribution in [-0.4, -0.2) is 24.5 Å². The largest absolute Gasteiger partial charge is 0.497 e. The van der Waals surface area contributed by atoms with Crippen LogP contribution in [0.3, 0.4) is 0 Å². The van der Waals surface area contributed by atoms with Gasteiger partial charge in [0.25, 0.3) is 5.91 Å². The number of aromatic nitrogens is 1. The normalized spacial score (nSPS) is 10.2. The second kappa shape index (κ2) is 6.95. The summed E-state index contributed by atoms with van der Waals surface area (Å²) in [4.78, 5) is 15.9. The number of nitrogens with one attached hydrogen (secondary N) is 1. The summed E-state index contributed by atoms with van der Waals surface area (Å²) in [5.74, 6) is 0.504. The number of nitrogens with two attached hydrogens (primary N) is 1. The molecule has 0 atom stereocenters. The lowest BCUT2D eigenvalue weighted by molar-refractivity contribution is 0.0954. The first-order valence-electron chi connectivity index (χ1n) is 6.42. The number of amides is 1. The Balaban J connectivity index is 1.93. The maximum absolute atomic E-state index is 12.0. The van der Waals surface area contributed by atoms with E-state index in [9.17, 15) is 4.79 Å². The standard InChI is InChI=1S/C15H16ClN3O2/c1-21-12-4-2-3-10(7-12)5-6-18-15(20)13-8-11(17)9-19-14(13)16/h2-4,7-9H,5-6,17H2,1H3,(H,18,20). The third-order valence-corrected chi connectivity index (χ3v) is 3.24. The van der Waals surface area contributed by atoms with Gasteiger partial charge in [0.1, 0.15) is 10.9 Å². The molecule has 0 fully saturated rings. The highest BCUT2D eigenvalue weighted by Gasteiger charge is 2.11. The molecule has 0 radical (unpaired) electrons. The van der Waals surface area contributed by atoms with Gasteiger partial charge in [0, 0.05) is 6.54 Å². The Morgan fingerprint density at radius 1 is 1.43 bits per heavy atom. The molecule has 110 valence electrons. The summed E-state index contributed by atoms with van der Waals surface area (Å²) < 4.78 is 5.15. The molecule has 0 saturated carbocycles. The number of halogens is 1. The van der Waals surface area contributed by atoms with E-state index in [0.29, 0.717) is 18.7 Å². The summed E-state index contributed by atoms with van der Waals surface area (Å²) >= 11 is 5.88. The predicted molar refractivity (Wildman–Crippen MR) is 82.7 cm³/mol. The number of rotatable bonds is 5. The van der Waals surface area contributed by atoms with E-state index in [0.717, 1.165) is 11.3 Å². The average molecular weight is 306 g/mol. The van der Waals surface area contributed by atoms with Crippen LogP contribution in [0.25, 0.3) is 0 Å². The molecule has 1 heterocycles. The molecule has 0 aliphatic carbocycles. The fraction of sp³-hybridized carbons (Fsp3) is 0.200. The summed E-state index contributed by atoms with van der Waals surface area (Å²) in [7, 11) is 1.62. The van der Waals surface area contributed by atoms with Gasteiger partial charge < -0.3 is 15.8 Å². The zero-order chi connectivity index (χ0) is 15.2. The van der Waals surface area contributed by atoms with Gasteiger partial charge in [-0.25, -0.2) is 4.98 Å². The van der Waals surface area contributed by atoms with Crippen LogP contribution in [-0.2, 0) is 6.42 Å². The van der Waals surface area contributed by atoms with E-state index >= 15 is 0 Å². The highest BCUT2D eigenvalue weighted by molar-refractivity contribution is 6.32. The smallest absolute Gasteiger partial charge is 0.254 e. The van der Waals surface area contributed by atoms with Gasteiger partial charge in [-0.1, -0.05) is 23.7 Å². The van der Waals surface area contributed by atoms with Crippen LogP contribution in [0.5, 0.6) is 5.75 Å². The van der Waals surface area contributed by atoms with Crippen molar-refractivity contribution in [1.29, 1.82) is 0 Å². The molecule has 21 heavy (non-hydrogen) atoms. The van der Waals surface area contributed by atoms with Gasteiger partial charge >= 0.3 is 0 Å². The molecule has 5 nitrogen and oxygen atoms in total. The van der Waals surface area contributed by atoms with Crippen LogP contribution in [0.15, 0.2) is 36.5 Å². The lowest BCUT2D eigenvalue weighted by Crippen LogP contribution is -2.26. The molecule has 6 heteroatoms. The Bertz CT molecular complexity index is 647. The fourth-order valence-electron chi connectivity index (χ4n) is 1.87. The number of methoxy groups -OCH3 is 1. The predicted octanol–water partition coefficient (Wildman–Crippen LogP) is 2.30. The number of ether oxygens (including phenoxy) is 1. The topological polar surface area (TPSA) is 77.2 Å². The van der Waals surface area contributed by atoms with Gasteiger partial charge in [0.2, 0.25) is 0 Å². The number of nitrogens with zero attached hydrogens (tertiary/aromatic N) is 1. The van der Waals surface area contributed by atoms with Crippen LogP contribution in [0.1, 0.15) is 15.9 Å². The quantitative estimate of drug-likeness (QED) is 0.831. The van der Waals surface area contributed by atoms with E-state index in [4.69, 9.17) is 22.1 Å². The molecule has 3 N–H and O–H groups in total. The van der Waals surface area contributed by atoms with Gasteiger partial charge in [-0.15, -0.1) is 0 Å². The average Bonchev–Trinajstić information content (AvgIpc) is 2.49. The van der Waals surface area contributed by atoms with Gasteiger partial charge in [-0.2, -0.15) is 0 Å². The number of nitrogen functional groups attached to an aromatic ring is 1. The lowest BCUT2D eigenvalue weighted by atomic mass is 10.1. The van der Waals surface area contributed by atoms with Crippen molar-refractivity contribution >= 4 is 23.2 Å². The zero-order valence-corrected chi connectivity index (χ0v) is 12.4. The monoisotopic (exact) mass is 305 g/mol. The van der Waals surface area contributed by atoms with E-state index < -0.39 is 0 Å². The number of pyridine rings is 1. The Morgan fingerprint density at radius 3 is 3.00 bits per heavy atom. The summed E-state index contributed by atoms with van der Waals surface area (Å²) in [5, 5.41) is 2.93. The maximum Gasteiger partial charge on any atom is 0.254 e. The van der Waals surface area contributed by atoms with Crippen molar-refractivity contribution in [2.45, 2.75) is 6.42 Å². The van der Waals surface area contributed by atoms with Crippen LogP contribution < -0.4 is 15.8 Å². The number of hydrogen-bond donors (Lipinski definition) is 2. The van der Waals surface area contributed by atoms with E-state index in [1.807, 2.05) is 24.3 Å². The van der Waals surface area contributed by atoms with E-state index in [2.05, 4.69) is 10.3 Å². The molecule has 1 aromatic heterocycles. The molecule has 0 aliphatic rings. The van der Waals surface area contributed by atoms with Crippen molar-refractivity contribution in [1.82, 2.24) is 10.3 Å². The fourth-order valence-corrected chi connectivity index (χ4v) is 2.06. The lowest BCUT2D eigenvalue weighted by Gasteiger charge is -2.08. The molecule has 0 spiro atoms. The van der Waals surface area contributed by atoms with Crippen molar-refractivity contribution in [2.24, 2.45) is 0 Å². The first kappa shape index (κ1) is 15.1. The third kappa shape index (κ3) is 4.10. The van der Waals surface area contributed by atoms with E-state index in [1.54, 1.807) is 7.11 Å². The minimum absolute atomic E-state index is 0.142. The highest BCUT2D eigenvalue weighted by Crippen LogP contribution is 2.15. The van der Waals surface area contributed by atoms with Gasteiger partial charge in [0.05, 0.1) is 24.6 Å². The van der Waals surface area contributed by atoms with Crippen LogP contribution in [0.2, 0.25) is 5.15 Å². The van der Waals surface area contributed by atoms with Crippen LogP contribution in [0.4, 0.5) is 5.69 Å². The number of carbonyl (C=O) groups is 1. The number of carbonyl (C=O) groups excluding carboxylic acids is 1. The SMILES string of the molecule is COc1cccc(CCNC(=O)c2cc(N)cnc2Cl)c1. The van der Waals surface area contributed by atoms with Gasteiger partial charge in [-0.3, -0.25) is 4.79 Å². The Morgan fingerprint density at radius 2 is 2.24 bits per heavy atom. The first-order chi connectivity index (χ1) is 10.1. The molecule has 0 aliphatic heterocycles. The molecule has 0 bridgehead atoms. The third-order valence-electron chi connectivity index (χ3n) is 2.94. The zero-order valence-electron chi connectivity index (χ0n) is 11.6. The van der Waals surface area contributed by atoms with Crippen LogP contribution >= 0.6 is 11.6 Å². The molecule has 2 aromatic rings. The van der Waals surface area contributed by atoms with Crippen molar-refractivity contribution < 1.29 is 9.53 Å². The number of anilines is 1. The summed E-state index contributed by atoms with van der Waals surface area (Å²) in [6, 6.07) is 9.20. The van der Waals surface area contributed by atoms with Crippen molar-refractivity contribution in [3.05, 3.63) is 52.8 Å². The minimum atomic E-state index is -0.289. The minimum Gasteiger partial charge on any atom is -0.497 e. The summed E-state index contributed by atoms with van der Waals surface area (Å²) in [6.07, 6.45) is 2.10. The summed E-state index contributed by atoms with van der Waals surface area (Å²) in [5.41, 5.74) is 7.36. The highest BCUT2D eigenvalue weighted by atomic mass is 35.5. The van der Waals surface area contributed by atoms with E-state index in [-0.39, 0.29) is 16.6 Å². The summed E-state index contributed by atoms with van der Waals surface area (Å²) in [6.45, 7) is 0.483.